The Kier molecular flexibility index (Phi) is 13.3. The van der Waals surface area contributed by atoms with E-state index in [1.165, 1.54) is 0 Å². The Labute approximate surface area is 40.2 Å². The molecule has 0 amide bonds. The molecule has 0 rings (SSSR count). The molecule has 0 bridgehead atoms. The quantitative estimate of drug-likeness (QED) is 0.451. The first kappa shape index (κ1) is 9.03. The van der Waals surface area contributed by atoms with Crippen LogP contribution in [-0.2, 0) is 0 Å². The molecule has 0 heterocycles. The molecule has 0 radical (unpaired) electrons. The molecule has 2 N–H and O–H groups in total. The summed E-state index contributed by atoms with van der Waals surface area (Å²) in [5, 5.41) is 13.9. The maximum absolute atomic E-state index is 8.56. The number of rotatable bonds is 0. The summed E-state index contributed by atoms with van der Waals surface area (Å²) < 4.78 is 0. The summed E-state index contributed by atoms with van der Waals surface area (Å²) >= 11 is 3.83. The van der Waals surface area contributed by atoms with Crippen molar-refractivity contribution in [2.24, 2.45) is 0 Å². The van der Waals surface area contributed by atoms with Crippen molar-refractivity contribution in [2.75, 3.05) is 0 Å². The first-order valence-corrected chi connectivity index (χ1v) is 1.52. The topological polar surface area (TPSA) is 57.5 Å². The lowest BCUT2D eigenvalue weighted by Gasteiger charge is -1.60. The van der Waals surface area contributed by atoms with Gasteiger partial charge in [-0.25, -0.2) is 4.79 Å². The Hall–Kier alpha value is -0.640. The van der Waals surface area contributed by atoms with Gasteiger partial charge in [0.25, 0.3) is 0 Å². The Morgan fingerprint density at radius 3 is 1.50 bits per heavy atom. The third-order valence-corrected chi connectivity index (χ3v) is 0. The molecule has 0 aliphatic heterocycles. The van der Waals surface area contributed by atoms with Crippen LogP contribution in [0.15, 0.2) is 0 Å². The van der Waals surface area contributed by atoms with E-state index in [1.54, 1.807) is 0 Å². The van der Waals surface area contributed by atoms with Crippen LogP contribution >= 0.6 is 12.2 Å². The van der Waals surface area contributed by atoms with Gasteiger partial charge in [-0.2, -0.15) is 0 Å². The van der Waals surface area contributed by atoms with Crippen molar-refractivity contribution in [1.82, 2.24) is 0 Å². The minimum atomic E-state index is -1.83. The van der Waals surface area contributed by atoms with E-state index >= 15 is 0 Å². The summed E-state index contributed by atoms with van der Waals surface area (Å²) in [5.74, 6) is 2.83. The number of carboxylic acid groups (broad SMARTS) is 2. The van der Waals surface area contributed by atoms with Crippen molar-refractivity contribution in [3.8, 4) is 0 Å². The van der Waals surface area contributed by atoms with Crippen LogP contribution in [-0.4, -0.2) is 22.2 Å². The Balaban J connectivity index is 0. The SMILES string of the molecule is C=S.O=C(O)O. The highest BCUT2D eigenvalue weighted by molar-refractivity contribution is 7.77. The Morgan fingerprint density at radius 1 is 1.50 bits per heavy atom. The normalized spacial score (nSPS) is 4.67. The van der Waals surface area contributed by atoms with Gasteiger partial charge in [-0.1, -0.05) is 12.2 Å². The molecule has 0 aliphatic rings. The summed E-state index contributed by atoms with van der Waals surface area (Å²) in [6, 6.07) is 0. The predicted molar refractivity (Wildman–Crippen MR) is 25.4 cm³/mol. The van der Waals surface area contributed by atoms with Gasteiger partial charge >= 0.3 is 6.16 Å². The van der Waals surface area contributed by atoms with E-state index in [4.69, 9.17) is 15.0 Å². The van der Waals surface area contributed by atoms with Crippen LogP contribution in [0.4, 0.5) is 4.79 Å². The number of thiocarbonyl (C=S) groups is 1. The van der Waals surface area contributed by atoms with Crippen molar-refractivity contribution >= 4 is 24.2 Å². The largest absolute Gasteiger partial charge is 0.503 e. The second-order valence-electron chi connectivity index (χ2n) is 0.283. The van der Waals surface area contributed by atoms with Crippen LogP contribution in [0.2, 0.25) is 0 Å². The molecular weight excluding hydrogens is 104 g/mol. The van der Waals surface area contributed by atoms with Crippen LogP contribution in [0.1, 0.15) is 0 Å². The fraction of sp³-hybridized carbons (Fsp3) is 0. The number of carbonyl (C=O) groups is 1. The standard InChI is InChI=1S/CH2O3.CH2S/c2-1(3)4;1-2/h(H2,2,3,4);1H2. The van der Waals surface area contributed by atoms with Gasteiger partial charge in [0.2, 0.25) is 0 Å². The van der Waals surface area contributed by atoms with Gasteiger partial charge in [0.15, 0.2) is 0 Å². The van der Waals surface area contributed by atoms with E-state index < -0.39 is 6.16 Å². The van der Waals surface area contributed by atoms with E-state index in [0.29, 0.717) is 0 Å². The van der Waals surface area contributed by atoms with Crippen molar-refractivity contribution in [1.29, 1.82) is 0 Å². The van der Waals surface area contributed by atoms with Gasteiger partial charge in [0.1, 0.15) is 0 Å². The highest BCUT2D eigenvalue weighted by atomic mass is 32.1. The molecule has 4 heteroatoms. The lowest BCUT2D eigenvalue weighted by Crippen LogP contribution is -1.81. The zero-order valence-electron chi connectivity index (χ0n) is 2.92. The van der Waals surface area contributed by atoms with Crippen LogP contribution in [0.3, 0.4) is 0 Å². The molecule has 0 spiro atoms. The molecular formula is C2H4O3S. The Bertz CT molecular complexity index is 40.1. The summed E-state index contributed by atoms with van der Waals surface area (Å²) in [5.41, 5.74) is 0. The number of hydrogen-bond donors (Lipinski definition) is 2. The zero-order valence-corrected chi connectivity index (χ0v) is 3.73. The first-order chi connectivity index (χ1) is 2.73. The second kappa shape index (κ2) is 8.84. The molecule has 0 unspecified atom stereocenters. The average molecular weight is 108 g/mol. The molecule has 0 aromatic carbocycles. The fourth-order valence-electron chi connectivity index (χ4n) is 0. The molecule has 0 aromatic rings. The average Bonchev–Trinajstić information content (AvgIpc) is 1.41. The second-order valence-corrected chi connectivity index (χ2v) is 0.283. The molecule has 0 aromatic heterocycles. The lowest BCUT2D eigenvalue weighted by molar-refractivity contribution is 0.137. The van der Waals surface area contributed by atoms with Gasteiger partial charge in [0.05, 0.1) is 0 Å². The van der Waals surface area contributed by atoms with E-state index in [0.717, 1.165) is 0 Å². The molecule has 0 saturated heterocycles. The summed E-state index contributed by atoms with van der Waals surface area (Å²) in [6.07, 6.45) is -1.83. The minimum Gasteiger partial charge on any atom is -0.450 e. The van der Waals surface area contributed by atoms with Gasteiger partial charge in [-0.05, 0) is 5.87 Å². The van der Waals surface area contributed by atoms with Crippen LogP contribution in [0.5, 0.6) is 0 Å². The zero-order chi connectivity index (χ0) is 5.58. The molecule has 0 saturated carbocycles. The number of hydrogen-bond acceptors (Lipinski definition) is 2. The fourth-order valence-corrected chi connectivity index (χ4v) is 0. The van der Waals surface area contributed by atoms with E-state index in [-0.39, 0.29) is 0 Å². The lowest BCUT2D eigenvalue weighted by atomic mass is 11.5. The predicted octanol–water partition coefficient (Wildman–Crippen LogP) is 0.838. The van der Waals surface area contributed by atoms with E-state index in [9.17, 15) is 0 Å². The van der Waals surface area contributed by atoms with Gasteiger partial charge in [0, 0.05) is 0 Å². The first-order valence-electron chi connectivity index (χ1n) is 0.940. The summed E-state index contributed by atoms with van der Waals surface area (Å²) in [7, 11) is 0. The van der Waals surface area contributed by atoms with E-state index in [1.807, 2.05) is 0 Å². The maximum Gasteiger partial charge on any atom is 0.503 e. The molecule has 0 fully saturated rings. The highest BCUT2D eigenvalue weighted by Gasteiger charge is 1.70. The third-order valence-electron chi connectivity index (χ3n) is 0. The van der Waals surface area contributed by atoms with Gasteiger partial charge in [-0.3, -0.25) is 0 Å². The molecule has 0 atom stereocenters. The molecule has 6 heavy (non-hydrogen) atoms. The van der Waals surface area contributed by atoms with Crippen molar-refractivity contribution in [3.63, 3.8) is 0 Å². The summed E-state index contributed by atoms with van der Waals surface area (Å²) in [6.45, 7) is 0. The summed E-state index contributed by atoms with van der Waals surface area (Å²) in [4.78, 5) is 8.56. The maximum atomic E-state index is 8.56. The van der Waals surface area contributed by atoms with Crippen LogP contribution in [0, 0.1) is 0 Å². The highest BCUT2D eigenvalue weighted by Crippen LogP contribution is 1.42. The monoisotopic (exact) mass is 108 g/mol. The smallest absolute Gasteiger partial charge is 0.450 e. The van der Waals surface area contributed by atoms with Crippen molar-refractivity contribution in [2.45, 2.75) is 0 Å². The van der Waals surface area contributed by atoms with E-state index in [2.05, 4.69) is 18.1 Å². The van der Waals surface area contributed by atoms with Crippen molar-refractivity contribution in [3.05, 3.63) is 0 Å². The molecule has 0 aliphatic carbocycles. The molecule has 3 nitrogen and oxygen atoms in total. The van der Waals surface area contributed by atoms with Crippen molar-refractivity contribution < 1.29 is 15.0 Å². The van der Waals surface area contributed by atoms with Crippen LogP contribution < -0.4 is 0 Å². The van der Waals surface area contributed by atoms with Gasteiger partial charge in [-0.15, -0.1) is 0 Å². The minimum absolute atomic E-state index is 1.83. The Morgan fingerprint density at radius 2 is 1.50 bits per heavy atom. The molecule has 36 valence electrons. The van der Waals surface area contributed by atoms with Crippen LogP contribution in [0.25, 0.3) is 0 Å². The van der Waals surface area contributed by atoms with Gasteiger partial charge < -0.3 is 10.2 Å². The third kappa shape index (κ3) is 45.7.